The van der Waals surface area contributed by atoms with Gasteiger partial charge in [0.15, 0.2) is 12.7 Å². The molecule has 0 spiro atoms. The van der Waals surface area contributed by atoms with Gasteiger partial charge in [0.25, 0.3) is 0 Å². The van der Waals surface area contributed by atoms with Gasteiger partial charge in [0.1, 0.15) is 5.58 Å². The monoisotopic (exact) mass is 759 g/mol. The Morgan fingerprint density at radius 1 is 0.600 bits per heavy atom. The van der Waals surface area contributed by atoms with Crippen LogP contribution in [0.2, 0.25) is 0 Å². The van der Waals surface area contributed by atoms with E-state index in [2.05, 4.69) is 81.4 Å². The van der Waals surface area contributed by atoms with Gasteiger partial charge in [0.05, 0.1) is 11.1 Å². The molecule has 4 aromatic heterocycles. The SMILES string of the molecule is [Ir].[c-]1ccc2c(oc3ccccc32)c1-c1ccccn1.[c-]1ccccc1-c1ccccn1.c1ccc2c(c1)C[n+]1ccccc1-2. The molecule has 0 saturated heterocycles. The van der Waals surface area contributed by atoms with Gasteiger partial charge in [-0.05, 0) is 41.7 Å². The first-order valence-corrected chi connectivity index (χ1v) is 14.5. The third-order valence-corrected chi connectivity index (χ3v) is 7.48. The zero-order valence-electron chi connectivity index (χ0n) is 24.3. The largest absolute Gasteiger partial charge is 0.501 e. The molecule has 8 aromatic rings. The van der Waals surface area contributed by atoms with E-state index in [9.17, 15) is 0 Å². The number of aromatic nitrogens is 3. The van der Waals surface area contributed by atoms with Crippen molar-refractivity contribution in [3.05, 3.63) is 176 Å². The van der Waals surface area contributed by atoms with Crippen molar-refractivity contribution in [1.29, 1.82) is 0 Å². The van der Waals surface area contributed by atoms with Crippen LogP contribution in [0.15, 0.2) is 163 Å². The summed E-state index contributed by atoms with van der Waals surface area (Å²) in [6.07, 6.45) is 5.70. The van der Waals surface area contributed by atoms with E-state index in [0.29, 0.717) is 0 Å². The van der Waals surface area contributed by atoms with E-state index >= 15 is 0 Å². The Kier molecular flexibility index (Phi) is 9.31. The molecule has 0 saturated carbocycles. The fraction of sp³-hybridized carbons (Fsp3) is 0.0250. The molecule has 0 N–H and O–H groups in total. The zero-order chi connectivity index (χ0) is 29.6. The van der Waals surface area contributed by atoms with Gasteiger partial charge in [-0.25, -0.2) is 0 Å². The molecule has 5 heterocycles. The second-order valence-electron chi connectivity index (χ2n) is 10.3. The molecule has 0 fully saturated rings. The summed E-state index contributed by atoms with van der Waals surface area (Å²) in [7, 11) is 0. The number of rotatable bonds is 2. The quantitative estimate of drug-likeness (QED) is 0.131. The van der Waals surface area contributed by atoms with E-state index in [1.54, 1.807) is 12.4 Å². The van der Waals surface area contributed by atoms with Gasteiger partial charge in [-0.3, -0.25) is 0 Å². The van der Waals surface area contributed by atoms with Gasteiger partial charge in [-0.2, -0.15) is 4.57 Å². The number of hydrogen-bond acceptors (Lipinski definition) is 3. The van der Waals surface area contributed by atoms with Crippen LogP contribution < -0.4 is 4.57 Å². The minimum Gasteiger partial charge on any atom is -0.501 e. The molecule has 0 aliphatic carbocycles. The minimum atomic E-state index is 0. The van der Waals surface area contributed by atoms with Gasteiger partial charge < -0.3 is 14.4 Å². The van der Waals surface area contributed by atoms with Crippen molar-refractivity contribution in [2.45, 2.75) is 6.54 Å². The molecule has 4 nitrogen and oxygen atoms in total. The summed E-state index contributed by atoms with van der Waals surface area (Å²) in [6.45, 7) is 1.02. The van der Waals surface area contributed by atoms with Crippen LogP contribution in [0.25, 0.3) is 55.7 Å². The van der Waals surface area contributed by atoms with Gasteiger partial charge >= 0.3 is 0 Å². The van der Waals surface area contributed by atoms with E-state index in [1.165, 1.54) is 16.8 Å². The number of pyridine rings is 3. The van der Waals surface area contributed by atoms with Crippen molar-refractivity contribution in [3.63, 3.8) is 0 Å². The average Bonchev–Trinajstić information content (AvgIpc) is 3.69. The Morgan fingerprint density at radius 2 is 1.33 bits per heavy atom. The van der Waals surface area contributed by atoms with Crippen LogP contribution in [0.5, 0.6) is 0 Å². The molecule has 1 aliphatic heterocycles. The molecule has 1 radical (unpaired) electrons. The molecule has 0 unspecified atom stereocenters. The summed E-state index contributed by atoms with van der Waals surface area (Å²) in [5.74, 6) is 0. The van der Waals surface area contributed by atoms with E-state index in [1.807, 2.05) is 91.0 Å². The van der Waals surface area contributed by atoms with E-state index in [4.69, 9.17) is 4.42 Å². The van der Waals surface area contributed by atoms with Crippen LogP contribution >= 0.6 is 0 Å². The smallest absolute Gasteiger partial charge is 0.213 e. The number of benzene rings is 4. The van der Waals surface area contributed by atoms with E-state index in [0.717, 1.165) is 51.0 Å². The number of hydrogen-bond donors (Lipinski definition) is 0. The fourth-order valence-electron chi connectivity index (χ4n) is 5.42. The Hall–Kier alpha value is -5.22. The number of furan rings is 1. The summed E-state index contributed by atoms with van der Waals surface area (Å²) in [5.41, 5.74) is 9.68. The van der Waals surface area contributed by atoms with Crippen molar-refractivity contribution < 1.29 is 29.1 Å². The van der Waals surface area contributed by atoms with Crippen LogP contribution in [0, 0.1) is 12.1 Å². The fourth-order valence-corrected chi connectivity index (χ4v) is 5.42. The summed E-state index contributed by atoms with van der Waals surface area (Å²) in [5, 5.41) is 2.23. The topological polar surface area (TPSA) is 42.8 Å². The number of fused-ring (bicyclic) bond motifs is 6. The standard InChI is InChI=1S/C17H10NO.C12H10N.C11H8N.Ir/c1-2-10-16-12(6-1)13-7-5-8-14(17(13)19-16)15-9-3-4-11-18-15;1-2-6-11-10(5-1)9-13-8-4-3-7-12(11)13;1-2-6-10(7-3-1)11-8-4-5-9-12-11;/h1-7,9-11H;1-8H,9H2;1-6,8-9H;/q-1;+1;-1;. The van der Waals surface area contributed by atoms with Crippen molar-refractivity contribution in [2.24, 2.45) is 0 Å². The molecular formula is C40H28IrN3O-. The van der Waals surface area contributed by atoms with Crippen LogP contribution in [-0.4, -0.2) is 9.97 Å². The molecule has 0 atom stereocenters. The summed E-state index contributed by atoms with van der Waals surface area (Å²) in [6, 6.07) is 52.8. The van der Waals surface area contributed by atoms with Crippen molar-refractivity contribution in [1.82, 2.24) is 9.97 Å². The van der Waals surface area contributed by atoms with Crippen LogP contribution in [0.3, 0.4) is 0 Å². The second kappa shape index (κ2) is 14.0. The first-order chi connectivity index (χ1) is 21.8. The van der Waals surface area contributed by atoms with E-state index in [-0.39, 0.29) is 20.1 Å². The Bertz CT molecular complexity index is 2070. The van der Waals surface area contributed by atoms with Crippen molar-refractivity contribution in [2.75, 3.05) is 0 Å². The Balaban J connectivity index is 0.000000122. The maximum absolute atomic E-state index is 5.97. The Morgan fingerprint density at radius 3 is 2.13 bits per heavy atom. The van der Waals surface area contributed by atoms with Gasteiger partial charge in [0, 0.05) is 55.6 Å². The predicted molar refractivity (Wildman–Crippen MR) is 175 cm³/mol. The number of para-hydroxylation sites is 1. The summed E-state index contributed by atoms with van der Waals surface area (Å²) < 4.78 is 8.25. The van der Waals surface area contributed by atoms with Crippen LogP contribution in [0.1, 0.15) is 5.56 Å². The molecule has 9 rings (SSSR count). The molecule has 0 amide bonds. The van der Waals surface area contributed by atoms with Crippen molar-refractivity contribution >= 4 is 21.9 Å². The molecule has 219 valence electrons. The van der Waals surface area contributed by atoms with Crippen LogP contribution in [0.4, 0.5) is 0 Å². The maximum Gasteiger partial charge on any atom is 0.213 e. The van der Waals surface area contributed by atoms with Gasteiger partial charge in [-0.15, -0.1) is 54.1 Å². The molecular weight excluding hydrogens is 731 g/mol. The van der Waals surface area contributed by atoms with Gasteiger partial charge in [-0.1, -0.05) is 71.6 Å². The Labute approximate surface area is 276 Å². The molecule has 5 heteroatoms. The third kappa shape index (κ3) is 6.51. The van der Waals surface area contributed by atoms with Gasteiger partial charge in [0.2, 0.25) is 5.69 Å². The first kappa shape index (κ1) is 29.8. The van der Waals surface area contributed by atoms with E-state index < -0.39 is 0 Å². The maximum atomic E-state index is 5.97. The molecule has 45 heavy (non-hydrogen) atoms. The minimum absolute atomic E-state index is 0. The van der Waals surface area contributed by atoms with Crippen molar-refractivity contribution in [3.8, 4) is 33.8 Å². The molecule has 0 bridgehead atoms. The predicted octanol–water partition coefficient (Wildman–Crippen LogP) is 9.00. The normalized spacial score (nSPS) is 10.8. The first-order valence-electron chi connectivity index (χ1n) is 14.5. The molecule has 1 aliphatic rings. The second-order valence-corrected chi connectivity index (χ2v) is 10.3. The summed E-state index contributed by atoms with van der Waals surface area (Å²) in [4.78, 5) is 8.60. The molecule has 4 aromatic carbocycles. The van der Waals surface area contributed by atoms with Crippen LogP contribution in [-0.2, 0) is 26.7 Å². The zero-order valence-corrected chi connectivity index (χ0v) is 26.7. The number of nitrogens with zero attached hydrogens (tertiary/aromatic N) is 3. The average molecular weight is 759 g/mol. The third-order valence-electron chi connectivity index (χ3n) is 7.48. The summed E-state index contributed by atoms with van der Waals surface area (Å²) >= 11 is 0.